The van der Waals surface area contributed by atoms with Crippen LogP contribution in [0.15, 0.2) is 59.5 Å². The van der Waals surface area contributed by atoms with Crippen molar-refractivity contribution in [1.29, 1.82) is 0 Å². The number of fused-ring (bicyclic) bond motifs is 1. The number of halogens is 2. The first-order valence-corrected chi connectivity index (χ1v) is 8.75. The van der Waals surface area contributed by atoms with Crippen molar-refractivity contribution in [2.45, 2.75) is 13.5 Å². The molecule has 5 nitrogen and oxygen atoms in total. The average Bonchev–Trinajstić information content (AvgIpc) is 3.05. The van der Waals surface area contributed by atoms with Crippen molar-refractivity contribution in [3.63, 3.8) is 0 Å². The van der Waals surface area contributed by atoms with Gasteiger partial charge in [0.1, 0.15) is 11.2 Å². The number of hydrogen-bond acceptors (Lipinski definition) is 3. The van der Waals surface area contributed by atoms with Gasteiger partial charge in [-0.1, -0.05) is 47.5 Å². The second-order valence-corrected chi connectivity index (χ2v) is 6.76. The lowest BCUT2D eigenvalue weighted by Crippen LogP contribution is -2.24. The van der Waals surface area contributed by atoms with Gasteiger partial charge < -0.3 is 0 Å². The van der Waals surface area contributed by atoms with E-state index in [0.29, 0.717) is 33.4 Å². The zero-order chi connectivity index (χ0) is 18.3. The largest absolute Gasteiger partial charge is 0.292 e. The summed E-state index contributed by atoms with van der Waals surface area (Å²) in [5, 5.41) is 5.88. The first-order chi connectivity index (χ1) is 12.5. The summed E-state index contributed by atoms with van der Waals surface area (Å²) in [6.45, 7) is 2.12. The molecule has 26 heavy (non-hydrogen) atoms. The standard InChI is InChI=1S/C19H14Cl2N4O/c1-12-23-18-16(10-22-25(18)15-5-3-2-4-6-15)19(26)24(12)11-13-7-8-14(20)9-17(13)21/h2-10H,11H2,1H3. The Morgan fingerprint density at radius 1 is 1.08 bits per heavy atom. The smallest absolute Gasteiger partial charge is 0.264 e. The molecule has 0 unspecified atom stereocenters. The molecule has 0 N–H and O–H groups in total. The maximum atomic E-state index is 13.0. The minimum atomic E-state index is -0.152. The third-order valence-corrected chi connectivity index (χ3v) is 4.81. The first-order valence-electron chi connectivity index (χ1n) is 7.99. The van der Waals surface area contributed by atoms with E-state index in [1.165, 1.54) is 0 Å². The minimum absolute atomic E-state index is 0.152. The van der Waals surface area contributed by atoms with E-state index >= 15 is 0 Å². The van der Waals surface area contributed by atoms with E-state index in [9.17, 15) is 4.79 Å². The number of para-hydroxylation sites is 1. The van der Waals surface area contributed by atoms with Gasteiger partial charge in [0.15, 0.2) is 5.65 Å². The minimum Gasteiger partial charge on any atom is -0.292 e. The van der Waals surface area contributed by atoms with Crippen LogP contribution >= 0.6 is 23.2 Å². The van der Waals surface area contributed by atoms with Gasteiger partial charge in [0.05, 0.1) is 18.4 Å². The summed E-state index contributed by atoms with van der Waals surface area (Å²) in [4.78, 5) is 17.6. The molecule has 0 bridgehead atoms. The maximum absolute atomic E-state index is 13.0. The van der Waals surface area contributed by atoms with Crippen LogP contribution in [0.25, 0.3) is 16.7 Å². The molecule has 7 heteroatoms. The quantitative estimate of drug-likeness (QED) is 0.530. The summed E-state index contributed by atoms with van der Waals surface area (Å²) in [6.07, 6.45) is 1.55. The number of aromatic nitrogens is 4. The van der Waals surface area contributed by atoms with Crippen LogP contribution in [0, 0.1) is 6.92 Å². The van der Waals surface area contributed by atoms with Crippen LogP contribution in [0.5, 0.6) is 0 Å². The molecule has 2 aromatic carbocycles. The zero-order valence-electron chi connectivity index (χ0n) is 13.9. The van der Waals surface area contributed by atoms with Gasteiger partial charge in [-0.2, -0.15) is 5.10 Å². The lowest BCUT2D eigenvalue weighted by molar-refractivity contribution is 0.710. The normalized spacial score (nSPS) is 11.2. The molecule has 2 aromatic heterocycles. The highest BCUT2D eigenvalue weighted by Gasteiger charge is 2.15. The molecule has 4 rings (SSSR count). The molecule has 0 atom stereocenters. The van der Waals surface area contributed by atoms with Gasteiger partial charge in [0, 0.05) is 10.0 Å². The fourth-order valence-corrected chi connectivity index (χ4v) is 3.34. The fourth-order valence-electron chi connectivity index (χ4n) is 2.87. The van der Waals surface area contributed by atoms with Gasteiger partial charge in [-0.3, -0.25) is 9.36 Å². The Morgan fingerprint density at radius 3 is 2.58 bits per heavy atom. The Kier molecular flexibility index (Phi) is 4.26. The molecule has 2 heterocycles. The number of rotatable bonds is 3. The van der Waals surface area contributed by atoms with Gasteiger partial charge in [-0.05, 0) is 36.8 Å². The molecular formula is C19H14Cl2N4O. The van der Waals surface area contributed by atoms with E-state index in [1.54, 1.807) is 34.5 Å². The molecule has 130 valence electrons. The summed E-state index contributed by atoms with van der Waals surface area (Å²) in [6, 6.07) is 14.8. The maximum Gasteiger partial charge on any atom is 0.264 e. The van der Waals surface area contributed by atoms with Crippen LogP contribution in [0.1, 0.15) is 11.4 Å². The number of aryl methyl sites for hydroxylation is 1. The van der Waals surface area contributed by atoms with E-state index in [2.05, 4.69) is 10.1 Å². The Balaban J connectivity index is 1.84. The first kappa shape index (κ1) is 16.8. The van der Waals surface area contributed by atoms with Crippen LogP contribution in [0.2, 0.25) is 10.0 Å². The predicted molar refractivity (Wildman–Crippen MR) is 103 cm³/mol. The molecular weight excluding hydrogens is 371 g/mol. The SMILES string of the molecule is Cc1nc2c(cnn2-c2ccccc2)c(=O)n1Cc1ccc(Cl)cc1Cl. The van der Waals surface area contributed by atoms with Crippen molar-refractivity contribution in [2.24, 2.45) is 0 Å². The summed E-state index contributed by atoms with van der Waals surface area (Å²) in [5.74, 6) is 0.589. The van der Waals surface area contributed by atoms with E-state index in [4.69, 9.17) is 23.2 Å². The van der Waals surface area contributed by atoms with Crippen molar-refractivity contribution in [1.82, 2.24) is 19.3 Å². The topological polar surface area (TPSA) is 52.7 Å². The average molecular weight is 385 g/mol. The van der Waals surface area contributed by atoms with Gasteiger partial charge in [0.25, 0.3) is 5.56 Å². The molecule has 0 saturated carbocycles. The van der Waals surface area contributed by atoms with E-state index in [0.717, 1.165) is 11.3 Å². The summed E-state index contributed by atoms with van der Waals surface area (Å²) in [7, 11) is 0. The molecule has 0 radical (unpaired) electrons. The Hall–Kier alpha value is -2.63. The van der Waals surface area contributed by atoms with Crippen LogP contribution in [0.3, 0.4) is 0 Å². The summed E-state index contributed by atoms with van der Waals surface area (Å²) >= 11 is 12.2. The van der Waals surface area contributed by atoms with E-state index < -0.39 is 0 Å². The molecule has 0 amide bonds. The van der Waals surface area contributed by atoms with Crippen LogP contribution in [-0.4, -0.2) is 19.3 Å². The molecule has 0 spiro atoms. The van der Waals surface area contributed by atoms with Crippen molar-refractivity contribution in [3.05, 3.63) is 86.5 Å². The number of nitrogens with zero attached hydrogens (tertiary/aromatic N) is 4. The third kappa shape index (κ3) is 2.89. The van der Waals surface area contributed by atoms with Gasteiger partial charge >= 0.3 is 0 Å². The fraction of sp³-hybridized carbons (Fsp3) is 0.105. The van der Waals surface area contributed by atoms with Gasteiger partial charge in [0.2, 0.25) is 0 Å². The lowest BCUT2D eigenvalue weighted by Gasteiger charge is -2.11. The Bertz CT molecular complexity index is 1170. The zero-order valence-corrected chi connectivity index (χ0v) is 15.4. The second kappa shape index (κ2) is 6.59. The third-order valence-electron chi connectivity index (χ3n) is 4.22. The lowest BCUT2D eigenvalue weighted by atomic mass is 10.2. The molecule has 0 aliphatic rings. The highest BCUT2D eigenvalue weighted by molar-refractivity contribution is 6.35. The molecule has 4 aromatic rings. The number of benzene rings is 2. The second-order valence-electron chi connectivity index (χ2n) is 5.92. The molecule has 0 aliphatic carbocycles. The van der Waals surface area contributed by atoms with Crippen molar-refractivity contribution >= 4 is 34.2 Å². The highest BCUT2D eigenvalue weighted by atomic mass is 35.5. The van der Waals surface area contributed by atoms with Gasteiger partial charge in [-0.15, -0.1) is 0 Å². The van der Waals surface area contributed by atoms with E-state index in [-0.39, 0.29) is 5.56 Å². The van der Waals surface area contributed by atoms with Crippen molar-refractivity contribution in [2.75, 3.05) is 0 Å². The number of hydrogen-bond donors (Lipinski definition) is 0. The van der Waals surface area contributed by atoms with Crippen molar-refractivity contribution in [3.8, 4) is 5.69 Å². The monoisotopic (exact) mass is 384 g/mol. The summed E-state index contributed by atoms with van der Waals surface area (Å²) in [5.41, 5.74) is 2.04. The van der Waals surface area contributed by atoms with Crippen LogP contribution in [-0.2, 0) is 6.54 Å². The summed E-state index contributed by atoms with van der Waals surface area (Å²) < 4.78 is 3.26. The predicted octanol–water partition coefficient (Wildman–Crippen LogP) is 4.25. The molecule has 0 aliphatic heterocycles. The van der Waals surface area contributed by atoms with Crippen molar-refractivity contribution < 1.29 is 0 Å². The van der Waals surface area contributed by atoms with Crippen LogP contribution < -0.4 is 5.56 Å². The Labute approximate surface area is 159 Å². The molecule has 0 saturated heterocycles. The Morgan fingerprint density at radius 2 is 1.85 bits per heavy atom. The highest BCUT2D eigenvalue weighted by Crippen LogP contribution is 2.22. The van der Waals surface area contributed by atoms with Crippen LogP contribution in [0.4, 0.5) is 0 Å². The van der Waals surface area contributed by atoms with Gasteiger partial charge in [-0.25, -0.2) is 9.67 Å². The van der Waals surface area contributed by atoms with E-state index in [1.807, 2.05) is 36.4 Å². The molecule has 0 fully saturated rings.